The second kappa shape index (κ2) is 4.90. The van der Waals surface area contributed by atoms with E-state index in [0.29, 0.717) is 17.9 Å². The van der Waals surface area contributed by atoms with Crippen molar-refractivity contribution in [1.82, 2.24) is 29.8 Å². The lowest BCUT2D eigenvalue weighted by atomic mass is 10.1. The van der Waals surface area contributed by atoms with E-state index in [2.05, 4.69) is 20.4 Å². The van der Waals surface area contributed by atoms with Crippen LogP contribution in [0.4, 0.5) is 0 Å². The Kier molecular flexibility index (Phi) is 2.88. The Labute approximate surface area is 125 Å². The number of nitrogens with zero attached hydrogens (tertiary/aromatic N) is 6. The van der Waals surface area contributed by atoms with Crippen molar-refractivity contribution in [2.45, 2.75) is 25.8 Å². The summed E-state index contributed by atoms with van der Waals surface area (Å²) in [6.07, 6.45) is 3.23. The van der Waals surface area contributed by atoms with Gasteiger partial charge in [0.25, 0.3) is 5.91 Å². The van der Waals surface area contributed by atoms with Crippen molar-refractivity contribution in [3.05, 3.63) is 41.6 Å². The molecule has 0 saturated carbocycles. The molecule has 0 N–H and O–H groups in total. The summed E-state index contributed by atoms with van der Waals surface area (Å²) in [5.74, 6) is -0.0824. The van der Waals surface area contributed by atoms with Gasteiger partial charge in [0.15, 0.2) is 5.65 Å². The fourth-order valence-corrected chi connectivity index (χ4v) is 2.99. The van der Waals surface area contributed by atoms with Crippen molar-refractivity contribution in [3.63, 3.8) is 0 Å². The highest BCUT2D eigenvalue weighted by molar-refractivity contribution is 5.93. The molecule has 0 spiro atoms. The molecule has 0 aliphatic carbocycles. The highest BCUT2D eigenvalue weighted by atomic mass is 16.6. The Morgan fingerprint density at radius 2 is 2.27 bits per heavy atom. The summed E-state index contributed by atoms with van der Waals surface area (Å²) in [5, 5.41) is 11.9. The van der Waals surface area contributed by atoms with Crippen molar-refractivity contribution in [2.75, 3.05) is 6.54 Å². The Bertz CT molecular complexity index is 839. The molecule has 0 bridgehead atoms. The second-order valence-electron chi connectivity index (χ2n) is 5.33. The number of pyridine rings is 1. The number of carbonyl (C=O) groups is 1. The molecule has 0 aromatic carbocycles. The van der Waals surface area contributed by atoms with Crippen LogP contribution in [0, 0.1) is 6.92 Å². The molecule has 0 radical (unpaired) electrons. The van der Waals surface area contributed by atoms with Crippen LogP contribution in [0.25, 0.3) is 5.65 Å². The van der Waals surface area contributed by atoms with E-state index in [-0.39, 0.29) is 11.9 Å². The molecule has 8 nitrogen and oxygen atoms in total. The van der Waals surface area contributed by atoms with Crippen LogP contribution in [0.2, 0.25) is 0 Å². The first-order valence-electron chi connectivity index (χ1n) is 7.14. The first kappa shape index (κ1) is 12.9. The third kappa shape index (κ3) is 1.87. The molecule has 1 saturated heterocycles. The number of fused-ring (bicyclic) bond motifs is 1. The van der Waals surface area contributed by atoms with Crippen LogP contribution in [-0.4, -0.2) is 42.3 Å². The molecular weight excluding hydrogens is 284 g/mol. The fraction of sp³-hybridized carbons (Fsp3) is 0.357. The Hall–Kier alpha value is -2.77. The van der Waals surface area contributed by atoms with Crippen LogP contribution in [0.15, 0.2) is 29.2 Å². The molecule has 1 aliphatic heterocycles. The smallest absolute Gasteiger partial charge is 0.273 e. The van der Waals surface area contributed by atoms with Gasteiger partial charge in [-0.05, 0) is 31.9 Å². The lowest BCUT2D eigenvalue weighted by molar-refractivity contribution is 0.0721. The van der Waals surface area contributed by atoms with Gasteiger partial charge in [0.1, 0.15) is 23.4 Å². The minimum atomic E-state index is -0.0995. The van der Waals surface area contributed by atoms with Crippen molar-refractivity contribution in [1.29, 1.82) is 0 Å². The third-order valence-electron chi connectivity index (χ3n) is 4.04. The highest BCUT2D eigenvalue weighted by Gasteiger charge is 2.34. The van der Waals surface area contributed by atoms with Gasteiger partial charge in [-0.2, -0.15) is 5.10 Å². The zero-order chi connectivity index (χ0) is 15.1. The second-order valence-corrected chi connectivity index (χ2v) is 5.33. The monoisotopic (exact) mass is 298 g/mol. The molecule has 3 aromatic heterocycles. The zero-order valence-electron chi connectivity index (χ0n) is 12.0. The summed E-state index contributed by atoms with van der Waals surface area (Å²) < 4.78 is 6.34. The lowest BCUT2D eigenvalue weighted by Gasteiger charge is -2.23. The van der Waals surface area contributed by atoms with Gasteiger partial charge in [0.2, 0.25) is 0 Å². The predicted octanol–water partition coefficient (Wildman–Crippen LogP) is 1.40. The molecule has 1 fully saturated rings. The molecule has 1 aliphatic rings. The summed E-state index contributed by atoms with van der Waals surface area (Å²) in [6.45, 7) is 2.52. The molecule has 1 atom stereocenters. The number of likely N-dealkylation sites (tertiary alicyclic amines) is 1. The van der Waals surface area contributed by atoms with Crippen molar-refractivity contribution in [3.8, 4) is 0 Å². The number of hydrogen-bond donors (Lipinski definition) is 0. The standard InChI is InChI=1S/C14H14N6O2/c1-9-13(18-22-17-9)10-5-3-7-19(10)14(21)11-4-2-6-12-15-8-16-20(11)12/h2,4,6,8,10H,3,5,7H2,1H3. The van der Waals surface area contributed by atoms with Gasteiger partial charge in [-0.25, -0.2) is 14.1 Å². The highest BCUT2D eigenvalue weighted by Crippen LogP contribution is 2.33. The SMILES string of the molecule is Cc1nonc1C1CCCN1C(=O)c1cccc2ncnn12. The summed E-state index contributed by atoms with van der Waals surface area (Å²) in [4.78, 5) is 18.9. The molecular formula is C14H14N6O2. The van der Waals surface area contributed by atoms with Gasteiger partial charge >= 0.3 is 0 Å². The van der Waals surface area contributed by atoms with Crippen LogP contribution in [0.3, 0.4) is 0 Å². The predicted molar refractivity (Wildman–Crippen MR) is 75.0 cm³/mol. The molecule has 1 unspecified atom stereocenters. The summed E-state index contributed by atoms with van der Waals surface area (Å²) in [6, 6.07) is 5.28. The van der Waals surface area contributed by atoms with E-state index in [1.807, 2.05) is 24.0 Å². The van der Waals surface area contributed by atoms with Gasteiger partial charge in [0.05, 0.1) is 6.04 Å². The normalized spacial score (nSPS) is 18.2. The number of amides is 1. The van der Waals surface area contributed by atoms with Gasteiger partial charge < -0.3 is 4.90 Å². The maximum atomic E-state index is 12.9. The van der Waals surface area contributed by atoms with Gasteiger partial charge in [-0.1, -0.05) is 16.4 Å². The summed E-state index contributed by atoms with van der Waals surface area (Å²) in [7, 11) is 0. The number of carbonyl (C=O) groups excluding carboxylic acids is 1. The van der Waals surface area contributed by atoms with Gasteiger partial charge in [-0.15, -0.1) is 0 Å². The van der Waals surface area contributed by atoms with Crippen LogP contribution in [-0.2, 0) is 0 Å². The van der Waals surface area contributed by atoms with E-state index in [0.717, 1.165) is 24.2 Å². The van der Waals surface area contributed by atoms with E-state index < -0.39 is 0 Å². The minimum absolute atomic E-state index is 0.0824. The van der Waals surface area contributed by atoms with Crippen LogP contribution >= 0.6 is 0 Å². The average molecular weight is 298 g/mol. The largest absolute Gasteiger partial charge is 0.328 e. The first-order chi connectivity index (χ1) is 10.8. The van der Waals surface area contributed by atoms with E-state index in [1.54, 1.807) is 10.6 Å². The molecule has 1 amide bonds. The van der Waals surface area contributed by atoms with Crippen molar-refractivity contribution >= 4 is 11.6 Å². The number of hydrogen-bond acceptors (Lipinski definition) is 6. The van der Waals surface area contributed by atoms with Crippen LogP contribution in [0.5, 0.6) is 0 Å². The topological polar surface area (TPSA) is 89.4 Å². The van der Waals surface area contributed by atoms with Gasteiger partial charge in [0, 0.05) is 6.54 Å². The van der Waals surface area contributed by atoms with E-state index in [1.165, 1.54) is 6.33 Å². The molecule has 4 rings (SSSR count). The van der Waals surface area contributed by atoms with Crippen molar-refractivity contribution < 1.29 is 9.42 Å². The maximum Gasteiger partial charge on any atom is 0.273 e. The molecule has 4 heterocycles. The lowest BCUT2D eigenvalue weighted by Crippen LogP contribution is -2.32. The average Bonchev–Trinajstić information content (AvgIpc) is 3.25. The fourth-order valence-electron chi connectivity index (χ4n) is 2.99. The quantitative estimate of drug-likeness (QED) is 0.710. The first-order valence-corrected chi connectivity index (χ1v) is 7.14. The number of rotatable bonds is 2. The van der Waals surface area contributed by atoms with Crippen LogP contribution in [0.1, 0.15) is 40.8 Å². The molecule has 8 heteroatoms. The van der Waals surface area contributed by atoms with Crippen molar-refractivity contribution in [2.24, 2.45) is 0 Å². The molecule has 112 valence electrons. The summed E-state index contributed by atoms with van der Waals surface area (Å²) >= 11 is 0. The summed E-state index contributed by atoms with van der Waals surface area (Å²) in [5.41, 5.74) is 2.61. The Morgan fingerprint density at radius 1 is 1.36 bits per heavy atom. The minimum Gasteiger partial charge on any atom is -0.328 e. The van der Waals surface area contributed by atoms with Crippen LogP contribution < -0.4 is 0 Å². The third-order valence-corrected chi connectivity index (χ3v) is 4.04. The molecule has 22 heavy (non-hydrogen) atoms. The van der Waals surface area contributed by atoms with E-state index in [9.17, 15) is 4.79 Å². The maximum absolute atomic E-state index is 12.9. The van der Waals surface area contributed by atoms with Gasteiger partial charge in [-0.3, -0.25) is 4.79 Å². The number of aromatic nitrogens is 5. The zero-order valence-corrected chi connectivity index (χ0v) is 12.0. The number of aryl methyl sites for hydroxylation is 1. The molecule has 3 aromatic rings. The van der Waals surface area contributed by atoms with E-state index >= 15 is 0 Å². The Balaban J connectivity index is 1.73. The van der Waals surface area contributed by atoms with E-state index in [4.69, 9.17) is 4.63 Å². The Morgan fingerprint density at radius 3 is 3.09 bits per heavy atom.